The molecule has 0 amide bonds. The minimum absolute atomic E-state index is 0.0276. The molecular weight excluding hydrogens is 630 g/mol. The lowest BCUT2D eigenvalue weighted by Gasteiger charge is -2.13. The molecule has 1 aromatic carbocycles. The largest absolute Gasteiger partial charge is 0.353 e. The molecule has 3 heterocycles. The number of pyridine rings is 1. The molecule has 0 aliphatic heterocycles. The highest BCUT2D eigenvalue weighted by atomic mass is 127. The van der Waals surface area contributed by atoms with E-state index in [1.165, 1.54) is 4.34 Å². The SMILES string of the molecule is CC.CC.CSc1cc(-c2csc(C)n2)ccc1Nc1cc(Cl)nc2c1nc(C(F)F)n2PI. The van der Waals surface area contributed by atoms with E-state index in [1.54, 1.807) is 29.2 Å². The normalized spacial score (nSPS) is 10.9. The summed E-state index contributed by atoms with van der Waals surface area (Å²) in [7, 11) is 0. The monoisotopic (exact) mass is 655 g/mol. The third kappa shape index (κ3) is 6.57. The van der Waals surface area contributed by atoms with Gasteiger partial charge in [0.2, 0.25) is 0 Å². The van der Waals surface area contributed by atoms with Crippen LogP contribution in [0.5, 0.6) is 0 Å². The summed E-state index contributed by atoms with van der Waals surface area (Å²) in [4.78, 5) is 13.9. The maximum atomic E-state index is 13.5. The summed E-state index contributed by atoms with van der Waals surface area (Å²) in [6.07, 6.45) is -0.692. The molecule has 1 atom stereocenters. The average Bonchev–Trinajstić information content (AvgIpc) is 3.45. The van der Waals surface area contributed by atoms with Gasteiger partial charge in [0.1, 0.15) is 10.7 Å². The fraction of sp³-hybridized carbons (Fsp3) is 0.318. The van der Waals surface area contributed by atoms with Crippen LogP contribution >= 0.6 is 63.1 Å². The van der Waals surface area contributed by atoms with Crippen LogP contribution in [0.1, 0.15) is 45.0 Å². The second kappa shape index (κ2) is 13.9. The summed E-state index contributed by atoms with van der Waals surface area (Å²) in [5.41, 5.74) is 4.01. The highest BCUT2D eigenvalue weighted by molar-refractivity contribution is 14.2. The zero-order valence-electron chi connectivity index (χ0n) is 19.6. The van der Waals surface area contributed by atoms with E-state index >= 15 is 0 Å². The summed E-state index contributed by atoms with van der Waals surface area (Å²) in [6, 6.07) is 7.58. The van der Waals surface area contributed by atoms with Crippen molar-refractivity contribution in [3.05, 3.63) is 45.6 Å². The molecule has 4 rings (SSSR count). The van der Waals surface area contributed by atoms with Gasteiger partial charge in [0.05, 0.1) is 28.5 Å². The Labute approximate surface area is 226 Å². The van der Waals surface area contributed by atoms with Gasteiger partial charge in [-0.1, -0.05) is 45.4 Å². The van der Waals surface area contributed by atoms with Crippen LogP contribution in [0.4, 0.5) is 20.2 Å². The number of aryl methyl sites for hydroxylation is 1. The van der Waals surface area contributed by atoms with Crippen molar-refractivity contribution in [1.29, 1.82) is 0 Å². The van der Waals surface area contributed by atoms with E-state index in [-0.39, 0.29) is 17.4 Å². The predicted molar refractivity (Wildman–Crippen MR) is 155 cm³/mol. The van der Waals surface area contributed by atoms with Crippen LogP contribution in [-0.2, 0) is 0 Å². The van der Waals surface area contributed by atoms with Crippen molar-refractivity contribution >= 4 is 85.7 Å². The van der Waals surface area contributed by atoms with Gasteiger partial charge in [0.25, 0.3) is 6.43 Å². The summed E-state index contributed by atoms with van der Waals surface area (Å²) < 4.78 is 28.3. The molecule has 1 unspecified atom stereocenters. The van der Waals surface area contributed by atoms with Crippen molar-refractivity contribution in [2.45, 2.75) is 45.9 Å². The van der Waals surface area contributed by atoms with E-state index in [2.05, 4.69) is 26.3 Å². The number of thioether (sulfide) groups is 1. The second-order valence-electron chi connectivity index (χ2n) is 6.15. The van der Waals surface area contributed by atoms with Crippen LogP contribution in [0.25, 0.3) is 22.4 Å². The van der Waals surface area contributed by atoms with Gasteiger partial charge < -0.3 is 5.32 Å². The molecule has 184 valence electrons. The zero-order chi connectivity index (χ0) is 25.4. The Morgan fingerprint density at radius 2 is 1.82 bits per heavy atom. The molecule has 0 aliphatic carbocycles. The minimum Gasteiger partial charge on any atom is -0.353 e. The van der Waals surface area contributed by atoms with Crippen LogP contribution in [0.2, 0.25) is 5.15 Å². The van der Waals surface area contributed by atoms with E-state index in [0.29, 0.717) is 16.9 Å². The molecule has 34 heavy (non-hydrogen) atoms. The number of alkyl halides is 2. The molecule has 0 saturated carbocycles. The topological polar surface area (TPSA) is 55.6 Å². The molecule has 0 aliphatic rings. The van der Waals surface area contributed by atoms with Crippen LogP contribution in [0.15, 0.2) is 34.5 Å². The molecule has 3 aromatic heterocycles. The Morgan fingerprint density at radius 1 is 1.12 bits per heavy atom. The van der Waals surface area contributed by atoms with Crippen molar-refractivity contribution in [1.82, 2.24) is 19.3 Å². The number of nitrogens with zero attached hydrogens (tertiary/aromatic N) is 4. The van der Waals surface area contributed by atoms with Gasteiger partial charge in [-0.2, -0.15) is 0 Å². The highest BCUT2D eigenvalue weighted by Gasteiger charge is 2.22. The van der Waals surface area contributed by atoms with E-state index in [0.717, 1.165) is 26.8 Å². The first-order chi connectivity index (χ1) is 16.4. The number of halogens is 4. The number of benzene rings is 1. The summed E-state index contributed by atoms with van der Waals surface area (Å²) in [6.45, 7) is 9.97. The molecule has 0 bridgehead atoms. The van der Waals surface area contributed by atoms with Gasteiger partial charge in [0.15, 0.2) is 11.5 Å². The maximum Gasteiger partial charge on any atom is 0.295 e. The average molecular weight is 656 g/mol. The van der Waals surface area contributed by atoms with Crippen molar-refractivity contribution in [2.24, 2.45) is 0 Å². The second-order valence-corrected chi connectivity index (χ2v) is 10.5. The first-order valence-corrected chi connectivity index (χ1v) is 17.1. The number of hydrogen-bond donors (Lipinski definition) is 1. The Morgan fingerprint density at radius 3 is 2.38 bits per heavy atom. The lowest BCUT2D eigenvalue weighted by molar-refractivity contribution is 0.140. The maximum absolute atomic E-state index is 13.5. The molecule has 1 N–H and O–H groups in total. The first kappa shape index (κ1) is 29.2. The van der Waals surface area contributed by atoms with Gasteiger partial charge in [0, 0.05) is 21.9 Å². The summed E-state index contributed by atoms with van der Waals surface area (Å²) in [5, 5.41) is 6.55. The molecule has 0 fully saturated rings. The lowest BCUT2D eigenvalue weighted by atomic mass is 10.1. The Balaban J connectivity index is 0.000000970. The molecule has 0 radical (unpaired) electrons. The number of aromatic nitrogens is 4. The van der Waals surface area contributed by atoms with Gasteiger partial charge in [-0.3, -0.25) is 4.34 Å². The molecule has 4 aromatic rings. The Kier molecular flexibility index (Phi) is 11.9. The van der Waals surface area contributed by atoms with Gasteiger partial charge in [-0.25, -0.2) is 23.7 Å². The van der Waals surface area contributed by atoms with Gasteiger partial charge in [-0.15, -0.1) is 23.1 Å². The number of anilines is 2. The number of nitrogens with one attached hydrogen (secondary N) is 1. The fourth-order valence-corrected chi connectivity index (χ4v) is 6.25. The minimum atomic E-state index is -2.70. The van der Waals surface area contributed by atoms with E-state index < -0.39 is 6.43 Å². The van der Waals surface area contributed by atoms with Crippen molar-refractivity contribution in [2.75, 3.05) is 11.6 Å². The van der Waals surface area contributed by atoms with Crippen LogP contribution in [-0.4, -0.2) is 25.5 Å². The first-order valence-electron chi connectivity index (χ1n) is 10.5. The quantitative estimate of drug-likeness (QED) is 0.0970. The van der Waals surface area contributed by atoms with Gasteiger partial charge >= 0.3 is 0 Å². The predicted octanol–water partition coefficient (Wildman–Crippen LogP) is 9.76. The van der Waals surface area contributed by atoms with Crippen LogP contribution in [0, 0.1) is 6.92 Å². The van der Waals surface area contributed by atoms with Crippen molar-refractivity contribution in [3.63, 3.8) is 0 Å². The smallest absolute Gasteiger partial charge is 0.295 e. The van der Waals surface area contributed by atoms with Gasteiger partial charge in [-0.05, 0) is 47.4 Å². The highest BCUT2D eigenvalue weighted by Crippen LogP contribution is 2.39. The third-order valence-electron chi connectivity index (χ3n) is 4.28. The fourth-order valence-electron chi connectivity index (χ4n) is 2.95. The molecular formula is C22H26ClF2IN5PS2. The Bertz CT molecular complexity index is 1240. The third-order valence-corrected chi connectivity index (χ3v) is 8.08. The van der Waals surface area contributed by atoms with Crippen molar-refractivity contribution in [3.8, 4) is 11.3 Å². The zero-order valence-corrected chi connectivity index (χ0v) is 25.1. The van der Waals surface area contributed by atoms with Crippen LogP contribution < -0.4 is 5.32 Å². The lowest BCUT2D eigenvalue weighted by Crippen LogP contribution is -1.96. The van der Waals surface area contributed by atoms with E-state index in [9.17, 15) is 8.78 Å². The van der Waals surface area contributed by atoms with E-state index in [4.69, 9.17) is 11.6 Å². The summed E-state index contributed by atoms with van der Waals surface area (Å²) >= 11 is 11.4. The van der Waals surface area contributed by atoms with E-state index in [1.807, 2.05) is 80.4 Å². The number of hydrogen-bond acceptors (Lipinski definition) is 6. The van der Waals surface area contributed by atoms with Crippen LogP contribution in [0.3, 0.4) is 0 Å². The molecule has 12 heteroatoms. The number of fused-ring (bicyclic) bond motifs is 1. The number of imidazole rings is 1. The number of rotatable bonds is 6. The number of thiazole rings is 1. The molecule has 0 spiro atoms. The molecule has 5 nitrogen and oxygen atoms in total. The summed E-state index contributed by atoms with van der Waals surface area (Å²) in [5.74, 6) is -0.310. The standard InChI is InChI=1S/C18H14ClF2IN5PS2.2C2H6/c1-8-23-12(7-30-8)9-3-4-10(13(5-9)29-2)24-11-6-14(19)25-17-15(11)26-18(16(20)21)27(17)28-22;2*1-2/h3-7,16,28H,1-2H3,(H,24,25);2*1-2H3. The Hall–Kier alpha value is -1.07. The molecule has 0 saturated heterocycles. The van der Waals surface area contributed by atoms with Crippen molar-refractivity contribution < 1.29 is 8.78 Å².